The number of hydrogen-bond acceptors (Lipinski definition) is 3. The molecule has 0 aromatic rings. The third-order valence-corrected chi connectivity index (χ3v) is 2.43. The lowest BCUT2D eigenvalue weighted by Gasteiger charge is -2.22. The van der Waals surface area contributed by atoms with Crippen LogP contribution in [-0.4, -0.2) is 37.6 Å². The van der Waals surface area contributed by atoms with Gasteiger partial charge in [-0.05, 0) is 19.3 Å². The van der Waals surface area contributed by atoms with Crippen LogP contribution in [0.4, 0.5) is 0 Å². The van der Waals surface area contributed by atoms with Gasteiger partial charge in [-0.1, -0.05) is 20.3 Å². The summed E-state index contributed by atoms with van der Waals surface area (Å²) in [7, 11) is 1.59. The summed E-state index contributed by atoms with van der Waals surface area (Å²) < 4.78 is 10.7. The average Bonchev–Trinajstić information content (AvgIpc) is 2.17. The molecule has 0 heterocycles. The first-order valence-corrected chi connectivity index (χ1v) is 5.40. The summed E-state index contributed by atoms with van der Waals surface area (Å²) in [6.07, 6.45) is 2.13. The van der Waals surface area contributed by atoms with Gasteiger partial charge in [0, 0.05) is 13.7 Å². The van der Waals surface area contributed by atoms with Crippen LogP contribution in [0.25, 0.3) is 0 Å². The SMILES string of the molecule is CCCC(C)COC(C)C(CO)OC. The van der Waals surface area contributed by atoms with Gasteiger partial charge in [0.25, 0.3) is 0 Å². The highest BCUT2D eigenvalue weighted by Crippen LogP contribution is 2.09. The van der Waals surface area contributed by atoms with Crippen molar-refractivity contribution in [3.63, 3.8) is 0 Å². The van der Waals surface area contributed by atoms with E-state index in [1.807, 2.05) is 6.92 Å². The van der Waals surface area contributed by atoms with Gasteiger partial charge in [0.05, 0.1) is 12.7 Å². The highest BCUT2D eigenvalue weighted by atomic mass is 16.5. The molecule has 0 aromatic heterocycles. The molecule has 0 bridgehead atoms. The predicted octanol–water partition coefficient (Wildman–Crippen LogP) is 1.83. The fourth-order valence-corrected chi connectivity index (χ4v) is 1.41. The molecule has 0 aliphatic heterocycles. The van der Waals surface area contributed by atoms with Crippen molar-refractivity contribution in [2.24, 2.45) is 5.92 Å². The van der Waals surface area contributed by atoms with Gasteiger partial charge in [-0.15, -0.1) is 0 Å². The second-order valence-corrected chi connectivity index (χ2v) is 3.89. The van der Waals surface area contributed by atoms with Crippen LogP contribution in [0.5, 0.6) is 0 Å². The Balaban J connectivity index is 3.65. The van der Waals surface area contributed by atoms with Crippen molar-refractivity contribution in [1.29, 1.82) is 0 Å². The van der Waals surface area contributed by atoms with Crippen LogP contribution >= 0.6 is 0 Å². The second kappa shape index (κ2) is 8.21. The molecule has 14 heavy (non-hydrogen) atoms. The van der Waals surface area contributed by atoms with E-state index in [-0.39, 0.29) is 18.8 Å². The third kappa shape index (κ3) is 5.58. The van der Waals surface area contributed by atoms with Crippen molar-refractivity contribution < 1.29 is 14.6 Å². The number of aliphatic hydroxyl groups excluding tert-OH is 1. The van der Waals surface area contributed by atoms with Crippen LogP contribution in [0.15, 0.2) is 0 Å². The summed E-state index contributed by atoms with van der Waals surface area (Å²) in [6, 6.07) is 0. The Kier molecular flexibility index (Phi) is 8.14. The molecule has 3 nitrogen and oxygen atoms in total. The largest absolute Gasteiger partial charge is 0.394 e. The van der Waals surface area contributed by atoms with Crippen molar-refractivity contribution in [2.75, 3.05) is 20.3 Å². The lowest BCUT2D eigenvalue weighted by atomic mass is 10.1. The number of rotatable bonds is 8. The lowest BCUT2D eigenvalue weighted by molar-refractivity contribution is -0.0752. The van der Waals surface area contributed by atoms with Crippen LogP contribution in [0.2, 0.25) is 0 Å². The summed E-state index contributed by atoms with van der Waals surface area (Å²) in [6.45, 7) is 7.04. The second-order valence-electron chi connectivity index (χ2n) is 3.89. The number of methoxy groups -OCH3 is 1. The van der Waals surface area contributed by atoms with E-state index in [0.29, 0.717) is 5.92 Å². The maximum absolute atomic E-state index is 8.96. The first-order valence-electron chi connectivity index (χ1n) is 5.40. The highest BCUT2D eigenvalue weighted by molar-refractivity contribution is 4.64. The van der Waals surface area contributed by atoms with Crippen molar-refractivity contribution in [1.82, 2.24) is 0 Å². The van der Waals surface area contributed by atoms with Gasteiger partial charge >= 0.3 is 0 Å². The van der Waals surface area contributed by atoms with Gasteiger partial charge in [0.2, 0.25) is 0 Å². The van der Waals surface area contributed by atoms with Crippen molar-refractivity contribution in [3.05, 3.63) is 0 Å². The van der Waals surface area contributed by atoms with Crippen molar-refractivity contribution >= 4 is 0 Å². The maximum Gasteiger partial charge on any atom is 0.106 e. The Morgan fingerprint density at radius 1 is 1.29 bits per heavy atom. The van der Waals surface area contributed by atoms with Gasteiger partial charge in [-0.25, -0.2) is 0 Å². The number of aliphatic hydroxyl groups is 1. The summed E-state index contributed by atoms with van der Waals surface area (Å²) in [5, 5.41) is 8.96. The van der Waals surface area contributed by atoms with Gasteiger partial charge in [0.1, 0.15) is 6.10 Å². The first-order chi connectivity index (χ1) is 6.65. The first kappa shape index (κ1) is 13.9. The molecule has 0 aromatic carbocycles. The molecule has 0 aliphatic rings. The summed E-state index contributed by atoms with van der Waals surface area (Å²) in [5.41, 5.74) is 0. The molecule has 0 spiro atoms. The molecule has 86 valence electrons. The van der Waals surface area contributed by atoms with Gasteiger partial charge < -0.3 is 14.6 Å². The average molecular weight is 204 g/mol. The molecule has 3 heteroatoms. The van der Waals surface area contributed by atoms with E-state index in [9.17, 15) is 0 Å². The van der Waals surface area contributed by atoms with E-state index in [0.717, 1.165) is 6.61 Å². The van der Waals surface area contributed by atoms with E-state index in [1.54, 1.807) is 7.11 Å². The molecule has 0 aliphatic carbocycles. The fraction of sp³-hybridized carbons (Fsp3) is 1.00. The minimum Gasteiger partial charge on any atom is -0.394 e. The Bertz CT molecular complexity index is 124. The molecule has 0 rings (SSSR count). The summed E-state index contributed by atoms with van der Waals surface area (Å²) in [5.74, 6) is 0.582. The lowest BCUT2D eigenvalue weighted by Crippen LogP contribution is -2.32. The molecule has 0 saturated carbocycles. The topological polar surface area (TPSA) is 38.7 Å². The highest BCUT2D eigenvalue weighted by Gasteiger charge is 2.16. The van der Waals surface area contributed by atoms with Crippen molar-refractivity contribution in [2.45, 2.75) is 45.8 Å². The summed E-state index contributed by atoms with van der Waals surface area (Å²) in [4.78, 5) is 0. The van der Waals surface area contributed by atoms with Crippen molar-refractivity contribution in [3.8, 4) is 0 Å². The maximum atomic E-state index is 8.96. The predicted molar refractivity (Wildman–Crippen MR) is 57.4 cm³/mol. The molecular weight excluding hydrogens is 180 g/mol. The van der Waals surface area contributed by atoms with E-state index in [2.05, 4.69) is 13.8 Å². The zero-order valence-corrected chi connectivity index (χ0v) is 9.82. The molecular formula is C11H24O3. The van der Waals surface area contributed by atoms with Crippen LogP contribution in [0, 0.1) is 5.92 Å². The Morgan fingerprint density at radius 2 is 1.93 bits per heavy atom. The third-order valence-electron chi connectivity index (χ3n) is 2.43. The summed E-state index contributed by atoms with van der Waals surface area (Å²) >= 11 is 0. The van der Waals surface area contributed by atoms with Gasteiger partial charge in [-0.2, -0.15) is 0 Å². The van der Waals surface area contributed by atoms with E-state index >= 15 is 0 Å². The normalized spacial score (nSPS) is 17.8. The van der Waals surface area contributed by atoms with Crippen LogP contribution in [0.1, 0.15) is 33.6 Å². The standard InChI is InChI=1S/C11H24O3/c1-5-6-9(2)8-14-10(3)11(7-12)13-4/h9-12H,5-8H2,1-4H3. The fourth-order valence-electron chi connectivity index (χ4n) is 1.41. The zero-order valence-electron chi connectivity index (χ0n) is 9.82. The zero-order chi connectivity index (χ0) is 11.0. The Hall–Kier alpha value is -0.120. The number of hydrogen-bond donors (Lipinski definition) is 1. The van der Waals surface area contributed by atoms with Crippen LogP contribution in [-0.2, 0) is 9.47 Å². The molecule has 0 fully saturated rings. The quantitative estimate of drug-likeness (QED) is 0.655. The molecule has 1 N–H and O–H groups in total. The Morgan fingerprint density at radius 3 is 2.36 bits per heavy atom. The van der Waals surface area contributed by atoms with Crippen LogP contribution < -0.4 is 0 Å². The minimum atomic E-state index is -0.205. The van der Waals surface area contributed by atoms with Crippen LogP contribution in [0.3, 0.4) is 0 Å². The molecule has 0 saturated heterocycles. The Labute approximate surface area is 87.4 Å². The van der Waals surface area contributed by atoms with E-state index in [1.165, 1.54) is 12.8 Å². The molecule has 3 unspecified atom stereocenters. The monoisotopic (exact) mass is 204 g/mol. The smallest absolute Gasteiger partial charge is 0.106 e. The van der Waals surface area contributed by atoms with E-state index in [4.69, 9.17) is 14.6 Å². The molecule has 0 radical (unpaired) electrons. The van der Waals surface area contributed by atoms with E-state index < -0.39 is 0 Å². The minimum absolute atomic E-state index is 0.0137. The van der Waals surface area contributed by atoms with Gasteiger partial charge in [-0.3, -0.25) is 0 Å². The van der Waals surface area contributed by atoms with Gasteiger partial charge in [0.15, 0.2) is 0 Å². The molecule has 3 atom stereocenters. The number of ether oxygens (including phenoxy) is 2. The molecule has 0 amide bonds.